The van der Waals surface area contributed by atoms with E-state index in [9.17, 15) is 18.0 Å². The van der Waals surface area contributed by atoms with Crippen molar-refractivity contribution in [1.29, 1.82) is 0 Å². The van der Waals surface area contributed by atoms with Crippen LogP contribution >= 0.6 is 0 Å². The van der Waals surface area contributed by atoms with Crippen LogP contribution in [0.2, 0.25) is 0 Å². The number of ether oxygens (including phenoxy) is 1. The monoisotopic (exact) mass is 432 g/mol. The molecule has 7 heteroatoms. The summed E-state index contributed by atoms with van der Waals surface area (Å²) < 4.78 is 48.2. The van der Waals surface area contributed by atoms with Crippen LogP contribution in [0.25, 0.3) is 0 Å². The Bertz CT molecular complexity index is 928. The van der Waals surface area contributed by atoms with Crippen molar-refractivity contribution in [2.75, 3.05) is 7.11 Å². The standard InChI is InChI=1S/C24H27F3N2O2/c1-3-15-23(24(25,26)27)17-21(19-12-8-13-20(16-19)31-2)28-29(23)22(30)14-7-11-18-9-5-4-6-10-18/h4-6,8-10,12-13,16H,3,7,11,14-15,17H2,1-2H3. The molecule has 4 nitrogen and oxygen atoms in total. The average molecular weight is 432 g/mol. The molecule has 0 aromatic heterocycles. The van der Waals surface area contributed by atoms with Gasteiger partial charge in [-0.25, -0.2) is 5.01 Å². The molecule has 2 aromatic carbocycles. The minimum atomic E-state index is -4.60. The minimum Gasteiger partial charge on any atom is -0.497 e. The van der Waals surface area contributed by atoms with Gasteiger partial charge in [-0.1, -0.05) is 55.8 Å². The SMILES string of the molecule is CCCC1(C(F)(F)F)CC(c2cccc(OC)c2)=NN1C(=O)CCCc1ccccc1. The predicted octanol–water partition coefficient (Wildman–Crippen LogP) is 5.76. The van der Waals surface area contributed by atoms with Crippen LogP contribution in [0.5, 0.6) is 5.75 Å². The Labute approximate surface area is 180 Å². The number of carbonyl (C=O) groups excluding carboxylic acids is 1. The fourth-order valence-electron chi connectivity index (χ4n) is 4.02. The number of aryl methyl sites for hydroxylation is 1. The number of hydrazone groups is 1. The van der Waals surface area contributed by atoms with E-state index in [-0.39, 0.29) is 31.4 Å². The fraction of sp³-hybridized carbons (Fsp3) is 0.417. The Morgan fingerprint density at radius 1 is 1.16 bits per heavy atom. The van der Waals surface area contributed by atoms with E-state index in [1.54, 1.807) is 31.2 Å². The van der Waals surface area contributed by atoms with Gasteiger partial charge in [-0.2, -0.15) is 18.3 Å². The second kappa shape index (κ2) is 9.54. The number of alkyl halides is 3. The van der Waals surface area contributed by atoms with Crippen molar-refractivity contribution in [3.8, 4) is 5.75 Å². The summed E-state index contributed by atoms with van der Waals surface area (Å²) in [5.74, 6) is -0.0689. The van der Waals surface area contributed by atoms with Crippen molar-refractivity contribution in [3.63, 3.8) is 0 Å². The fourth-order valence-corrected chi connectivity index (χ4v) is 4.02. The van der Waals surface area contributed by atoms with E-state index in [1.807, 2.05) is 30.3 Å². The van der Waals surface area contributed by atoms with Crippen molar-refractivity contribution in [3.05, 3.63) is 65.7 Å². The van der Waals surface area contributed by atoms with Crippen molar-refractivity contribution < 1.29 is 22.7 Å². The molecule has 0 saturated carbocycles. The van der Waals surface area contributed by atoms with Crippen LogP contribution in [-0.2, 0) is 11.2 Å². The van der Waals surface area contributed by atoms with Crippen molar-refractivity contribution >= 4 is 11.6 Å². The molecule has 31 heavy (non-hydrogen) atoms. The average Bonchev–Trinajstić information content (AvgIpc) is 3.16. The van der Waals surface area contributed by atoms with Gasteiger partial charge >= 0.3 is 6.18 Å². The van der Waals surface area contributed by atoms with Crippen LogP contribution < -0.4 is 4.74 Å². The summed E-state index contributed by atoms with van der Waals surface area (Å²) in [6.45, 7) is 1.69. The zero-order valence-corrected chi connectivity index (χ0v) is 17.8. The Balaban J connectivity index is 1.87. The number of hydrogen-bond acceptors (Lipinski definition) is 3. The van der Waals surface area contributed by atoms with E-state index in [1.165, 1.54) is 7.11 Å². The maximum Gasteiger partial charge on any atom is 0.414 e. The van der Waals surface area contributed by atoms with Gasteiger partial charge in [-0.15, -0.1) is 0 Å². The Morgan fingerprint density at radius 3 is 2.55 bits per heavy atom. The van der Waals surface area contributed by atoms with Gasteiger partial charge in [0.15, 0.2) is 5.54 Å². The number of carbonyl (C=O) groups is 1. The third-order valence-electron chi connectivity index (χ3n) is 5.62. The zero-order valence-electron chi connectivity index (χ0n) is 17.8. The van der Waals surface area contributed by atoms with Gasteiger partial charge in [-0.3, -0.25) is 4.79 Å². The molecule has 1 heterocycles. The first-order valence-electron chi connectivity index (χ1n) is 10.5. The van der Waals surface area contributed by atoms with Crippen molar-refractivity contribution in [1.82, 2.24) is 5.01 Å². The van der Waals surface area contributed by atoms with Crippen molar-refractivity contribution in [2.24, 2.45) is 5.10 Å². The van der Waals surface area contributed by atoms with E-state index >= 15 is 0 Å². The first-order chi connectivity index (χ1) is 14.8. The maximum atomic E-state index is 14.3. The van der Waals surface area contributed by atoms with Crippen molar-refractivity contribution in [2.45, 2.75) is 57.2 Å². The number of nitrogens with zero attached hydrogens (tertiary/aromatic N) is 2. The van der Waals surface area contributed by atoms with E-state index in [4.69, 9.17) is 4.74 Å². The third kappa shape index (κ3) is 4.92. The summed E-state index contributed by atoms with van der Waals surface area (Å²) in [6, 6.07) is 16.3. The molecule has 1 amide bonds. The van der Waals surface area contributed by atoms with Crippen LogP contribution in [0.3, 0.4) is 0 Å². The van der Waals surface area contributed by atoms with Crippen LogP contribution in [0.4, 0.5) is 13.2 Å². The molecule has 2 aromatic rings. The van der Waals surface area contributed by atoms with E-state index in [2.05, 4.69) is 5.10 Å². The van der Waals surface area contributed by atoms with Crippen LogP contribution in [-0.4, -0.2) is 35.5 Å². The molecule has 1 atom stereocenters. The highest BCUT2D eigenvalue weighted by Crippen LogP contribution is 2.46. The second-order valence-corrected chi connectivity index (χ2v) is 7.78. The molecule has 0 fully saturated rings. The Kier molecular flexibility index (Phi) is 7.03. The minimum absolute atomic E-state index is 0.00529. The lowest BCUT2D eigenvalue weighted by atomic mass is 9.85. The largest absolute Gasteiger partial charge is 0.497 e. The molecule has 0 N–H and O–H groups in total. The molecule has 0 bridgehead atoms. The van der Waals surface area contributed by atoms with Gasteiger partial charge < -0.3 is 4.74 Å². The molecule has 3 rings (SSSR count). The lowest BCUT2D eigenvalue weighted by Gasteiger charge is -2.37. The molecule has 1 unspecified atom stereocenters. The molecule has 1 aliphatic heterocycles. The number of halogens is 3. The number of amides is 1. The zero-order chi connectivity index (χ0) is 22.5. The molecule has 166 valence electrons. The quantitative estimate of drug-likeness (QED) is 0.533. The number of rotatable bonds is 8. The highest BCUT2D eigenvalue weighted by atomic mass is 19.4. The predicted molar refractivity (Wildman–Crippen MR) is 114 cm³/mol. The summed E-state index contributed by atoms with van der Waals surface area (Å²) in [5, 5.41) is 4.94. The van der Waals surface area contributed by atoms with E-state index < -0.39 is 17.6 Å². The summed E-state index contributed by atoms with van der Waals surface area (Å²) in [7, 11) is 1.50. The molecule has 0 aliphatic carbocycles. The number of hydrogen-bond donors (Lipinski definition) is 0. The molecule has 1 aliphatic rings. The van der Waals surface area contributed by atoms with Gasteiger partial charge in [-0.05, 0) is 37.0 Å². The van der Waals surface area contributed by atoms with Crippen LogP contribution in [0.15, 0.2) is 59.7 Å². The molecular weight excluding hydrogens is 405 g/mol. The third-order valence-corrected chi connectivity index (χ3v) is 5.62. The second-order valence-electron chi connectivity index (χ2n) is 7.78. The topological polar surface area (TPSA) is 41.9 Å². The Morgan fingerprint density at radius 2 is 1.90 bits per heavy atom. The van der Waals surface area contributed by atoms with E-state index in [0.717, 1.165) is 10.6 Å². The van der Waals surface area contributed by atoms with Gasteiger partial charge in [0.2, 0.25) is 5.91 Å². The van der Waals surface area contributed by atoms with Crippen LogP contribution in [0, 0.1) is 0 Å². The summed E-state index contributed by atoms with van der Waals surface area (Å²) >= 11 is 0. The van der Waals surface area contributed by atoms with Gasteiger partial charge in [0, 0.05) is 18.4 Å². The number of benzene rings is 2. The molecule has 0 radical (unpaired) electrons. The summed E-state index contributed by atoms with van der Waals surface area (Å²) in [5.41, 5.74) is -0.484. The normalized spacial score (nSPS) is 18.7. The maximum absolute atomic E-state index is 14.3. The Hall–Kier alpha value is -2.83. The van der Waals surface area contributed by atoms with E-state index in [0.29, 0.717) is 24.2 Å². The highest BCUT2D eigenvalue weighted by Gasteiger charge is 2.62. The number of methoxy groups -OCH3 is 1. The first kappa shape index (κ1) is 22.8. The summed E-state index contributed by atoms with van der Waals surface area (Å²) in [4.78, 5) is 13.0. The molecular formula is C24H27F3N2O2. The summed E-state index contributed by atoms with van der Waals surface area (Å²) in [6.07, 6.45) is -3.77. The molecule has 0 spiro atoms. The van der Waals surface area contributed by atoms with Gasteiger partial charge in [0.1, 0.15) is 5.75 Å². The smallest absolute Gasteiger partial charge is 0.414 e. The van der Waals surface area contributed by atoms with Gasteiger partial charge in [0.25, 0.3) is 0 Å². The first-order valence-corrected chi connectivity index (χ1v) is 10.5. The highest BCUT2D eigenvalue weighted by molar-refractivity contribution is 6.04. The van der Waals surface area contributed by atoms with Crippen LogP contribution in [0.1, 0.15) is 50.2 Å². The lowest BCUT2D eigenvalue weighted by molar-refractivity contribution is -0.229. The van der Waals surface area contributed by atoms with Gasteiger partial charge in [0.05, 0.1) is 12.8 Å². The lowest BCUT2D eigenvalue weighted by Crippen LogP contribution is -2.56. The molecule has 0 saturated heterocycles.